The number of benzene rings is 2. The van der Waals surface area contributed by atoms with Crippen molar-refractivity contribution in [1.29, 1.82) is 0 Å². The number of nitrogens with zero attached hydrogens (tertiary/aromatic N) is 1. The van der Waals surface area contributed by atoms with Gasteiger partial charge in [0.1, 0.15) is 17.2 Å². The second-order valence-corrected chi connectivity index (χ2v) is 5.90. The number of β-amino-alcohol motifs (C(OH)–C–C–N with tert-alkyl or cyclic N) is 1. The van der Waals surface area contributed by atoms with Crippen LogP contribution in [-0.4, -0.2) is 37.9 Å². The van der Waals surface area contributed by atoms with Gasteiger partial charge in [0.15, 0.2) is 0 Å². The van der Waals surface area contributed by atoms with Gasteiger partial charge in [-0.2, -0.15) is 0 Å². The molecule has 0 saturated heterocycles. The molecule has 1 unspecified atom stereocenters. The van der Waals surface area contributed by atoms with Crippen molar-refractivity contribution < 1.29 is 19.3 Å². The van der Waals surface area contributed by atoms with Crippen molar-refractivity contribution in [2.24, 2.45) is 0 Å². The van der Waals surface area contributed by atoms with E-state index in [-0.39, 0.29) is 0 Å². The van der Waals surface area contributed by atoms with Crippen LogP contribution in [0.2, 0.25) is 0 Å². The van der Waals surface area contributed by atoms with Crippen molar-refractivity contribution in [3.8, 4) is 17.2 Å². The van der Waals surface area contributed by atoms with E-state index in [0.29, 0.717) is 18.8 Å². The van der Waals surface area contributed by atoms with Crippen LogP contribution in [0.5, 0.6) is 17.2 Å². The molecule has 1 aliphatic heterocycles. The fraction of sp³-hybridized carbons (Fsp3) is 0.368. The molecule has 0 fully saturated rings. The minimum absolute atomic E-state index is 0.549. The number of aliphatic hydroxyl groups is 1. The molecule has 2 aromatic rings. The maximum atomic E-state index is 10.6. The van der Waals surface area contributed by atoms with E-state index in [0.717, 1.165) is 34.7 Å². The van der Waals surface area contributed by atoms with Gasteiger partial charge in [0.25, 0.3) is 0 Å². The van der Waals surface area contributed by atoms with E-state index in [4.69, 9.17) is 14.2 Å². The van der Waals surface area contributed by atoms with Gasteiger partial charge in [-0.05, 0) is 29.8 Å². The van der Waals surface area contributed by atoms with Crippen molar-refractivity contribution in [3.05, 3.63) is 53.1 Å². The minimum Gasteiger partial charge on any atom is -0.497 e. The number of fused-ring (bicyclic) bond motifs is 1. The monoisotopic (exact) mass is 329 g/mol. The molecule has 128 valence electrons. The Balaban J connectivity index is 1.88. The third kappa shape index (κ3) is 3.18. The van der Waals surface area contributed by atoms with Gasteiger partial charge < -0.3 is 19.3 Å². The Morgan fingerprint density at radius 1 is 1.04 bits per heavy atom. The smallest absolute Gasteiger partial charge is 0.125 e. The zero-order valence-electron chi connectivity index (χ0n) is 14.3. The van der Waals surface area contributed by atoms with Crippen molar-refractivity contribution in [2.75, 3.05) is 27.9 Å². The van der Waals surface area contributed by atoms with E-state index in [9.17, 15) is 5.11 Å². The van der Waals surface area contributed by atoms with Crippen molar-refractivity contribution >= 4 is 0 Å². The van der Waals surface area contributed by atoms with E-state index < -0.39 is 6.10 Å². The molecule has 0 aliphatic carbocycles. The lowest BCUT2D eigenvalue weighted by Gasteiger charge is -2.34. The number of ether oxygens (including phenoxy) is 3. The quantitative estimate of drug-likeness (QED) is 0.914. The summed E-state index contributed by atoms with van der Waals surface area (Å²) in [6.45, 7) is 1.98. The zero-order valence-corrected chi connectivity index (χ0v) is 14.3. The molecule has 0 saturated carbocycles. The van der Waals surface area contributed by atoms with Gasteiger partial charge in [-0.1, -0.05) is 12.1 Å². The van der Waals surface area contributed by atoms with Crippen molar-refractivity contribution in [1.82, 2.24) is 4.90 Å². The molecule has 0 aromatic heterocycles. The van der Waals surface area contributed by atoms with Gasteiger partial charge in [-0.25, -0.2) is 0 Å². The maximum absolute atomic E-state index is 10.6. The Morgan fingerprint density at radius 2 is 1.79 bits per heavy atom. The Hall–Kier alpha value is -2.24. The molecule has 0 bridgehead atoms. The molecule has 24 heavy (non-hydrogen) atoms. The normalized spacial score (nSPS) is 17.2. The molecule has 1 N–H and O–H groups in total. The molecule has 2 aromatic carbocycles. The highest BCUT2D eigenvalue weighted by Crippen LogP contribution is 2.39. The van der Waals surface area contributed by atoms with Crippen LogP contribution >= 0.6 is 0 Å². The lowest BCUT2D eigenvalue weighted by Crippen LogP contribution is -2.33. The van der Waals surface area contributed by atoms with Crippen LogP contribution in [0.4, 0.5) is 0 Å². The summed E-state index contributed by atoms with van der Waals surface area (Å²) < 4.78 is 16.2. The largest absolute Gasteiger partial charge is 0.497 e. The lowest BCUT2D eigenvalue weighted by molar-refractivity contribution is 0.0843. The predicted octanol–water partition coefficient (Wildman–Crippen LogP) is 2.76. The SMILES string of the molecule is COc1cccc(CN2Cc3c(OC)ccc(OC)c3C(O)C2)c1. The summed E-state index contributed by atoms with van der Waals surface area (Å²) in [7, 11) is 4.93. The molecule has 1 atom stereocenters. The van der Waals surface area contributed by atoms with Crippen molar-refractivity contribution in [3.63, 3.8) is 0 Å². The number of hydrogen-bond donors (Lipinski definition) is 1. The summed E-state index contributed by atoms with van der Waals surface area (Å²) in [4.78, 5) is 2.20. The van der Waals surface area contributed by atoms with Crippen LogP contribution in [-0.2, 0) is 13.1 Å². The van der Waals surface area contributed by atoms with Gasteiger partial charge in [0, 0.05) is 30.8 Å². The molecule has 5 nitrogen and oxygen atoms in total. The Kier molecular flexibility index (Phi) is 4.92. The van der Waals surface area contributed by atoms with Gasteiger partial charge in [-0.15, -0.1) is 0 Å². The minimum atomic E-state index is -0.607. The third-order valence-corrected chi connectivity index (χ3v) is 4.40. The first-order valence-corrected chi connectivity index (χ1v) is 7.93. The van der Waals surface area contributed by atoms with E-state index >= 15 is 0 Å². The van der Waals surface area contributed by atoms with E-state index in [1.54, 1.807) is 21.3 Å². The molecule has 0 spiro atoms. The fourth-order valence-corrected chi connectivity index (χ4v) is 3.29. The van der Waals surface area contributed by atoms with Crippen LogP contribution in [0.1, 0.15) is 22.8 Å². The van der Waals surface area contributed by atoms with E-state index in [1.807, 2.05) is 30.3 Å². The number of aliphatic hydroxyl groups excluding tert-OH is 1. The third-order valence-electron chi connectivity index (χ3n) is 4.40. The number of rotatable bonds is 5. The first kappa shape index (κ1) is 16.6. The Morgan fingerprint density at radius 3 is 2.50 bits per heavy atom. The highest BCUT2D eigenvalue weighted by atomic mass is 16.5. The topological polar surface area (TPSA) is 51.2 Å². The first-order chi connectivity index (χ1) is 11.7. The van der Waals surface area contributed by atoms with Gasteiger partial charge in [0.05, 0.1) is 27.4 Å². The standard InChI is InChI=1S/C19H23NO4/c1-22-14-6-4-5-13(9-14)10-20-11-15-17(23-2)7-8-18(24-3)19(15)16(21)12-20/h4-9,16,21H,10-12H2,1-3H3. The summed E-state index contributed by atoms with van der Waals surface area (Å²) in [5, 5.41) is 10.6. The molecule has 1 aliphatic rings. The highest BCUT2D eigenvalue weighted by molar-refractivity contribution is 5.51. The average molecular weight is 329 g/mol. The second-order valence-electron chi connectivity index (χ2n) is 5.90. The molecule has 0 amide bonds. The van der Waals surface area contributed by atoms with E-state index in [1.165, 1.54) is 0 Å². The van der Waals surface area contributed by atoms with Crippen LogP contribution in [0.15, 0.2) is 36.4 Å². The van der Waals surface area contributed by atoms with Crippen LogP contribution in [0.3, 0.4) is 0 Å². The molecule has 5 heteroatoms. The predicted molar refractivity (Wildman–Crippen MR) is 91.6 cm³/mol. The number of methoxy groups -OCH3 is 3. The summed E-state index contributed by atoms with van der Waals surface area (Å²) in [6.07, 6.45) is -0.607. The van der Waals surface area contributed by atoms with Crippen LogP contribution < -0.4 is 14.2 Å². The van der Waals surface area contributed by atoms with Crippen molar-refractivity contribution in [2.45, 2.75) is 19.2 Å². The Bertz CT molecular complexity index is 717. The maximum Gasteiger partial charge on any atom is 0.125 e. The average Bonchev–Trinajstić information content (AvgIpc) is 2.60. The molecular weight excluding hydrogens is 306 g/mol. The second kappa shape index (κ2) is 7.11. The molecule has 1 heterocycles. The highest BCUT2D eigenvalue weighted by Gasteiger charge is 2.29. The van der Waals surface area contributed by atoms with Crippen LogP contribution in [0, 0.1) is 0 Å². The molecule has 3 rings (SSSR count). The Labute approximate surface area is 142 Å². The van der Waals surface area contributed by atoms with Gasteiger partial charge >= 0.3 is 0 Å². The number of hydrogen-bond acceptors (Lipinski definition) is 5. The summed E-state index contributed by atoms with van der Waals surface area (Å²) in [5.74, 6) is 2.32. The molecular formula is C19H23NO4. The summed E-state index contributed by atoms with van der Waals surface area (Å²) in [5.41, 5.74) is 2.96. The fourth-order valence-electron chi connectivity index (χ4n) is 3.29. The van der Waals surface area contributed by atoms with Gasteiger partial charge in [0.2, 0.25) is 0 Å². The summed E-state index contributed by atoms with van der Waals surface area (Å²) >= 11 is 0. The van der Waals surface area contributed by atoms with E-state index in [2.05, 4.69) is 11.0 Å². The first-order valence-electron chi connectivity index (χ1n) is 7.93. The zero-order chi connectivity index (χ0) is 17.1. The summed E-state index contributed by atoms with van der Waals surface area (Å²) in [6, 6.07) is 11.7. The lowest BCUT2D eigenvalue weighted by atomic mass is 9.95. The van der Waals surface area contributed by atoms with Crippen LogP contribution in [0.25, 0.3) is 0 Å². The van der Waals surface area contributed by atoms with Gasteiger partial charge in [-0.3, -0.25) is 4.90 Å². The molecule has 0 radical (unpaired) electrons.